The summed E-state index contributed by atoms with van der Waals surface area (Å²) < 4.78 is 0. The van der Waals surface area contributed by atoms with Crippen molar-refractivity contribution in [3.05, 3.63) is 42.0 Å². The van der Waals surface area contributed by atoms with Crippen LogP contribution in [-0.4, -0.2) is 28.5 Å². The molecule has 2 aromatic heterocycles. The minimum atomic E-state index is 0.804. The topological polar surface area (TPSA) is 62.7 Å². The smallest absolute Gasteiger partial charge is 0.134 e. The Morgan fingerprint density at radius 2 is 1.94 bits per heavy atom. The van der Waals surface area contributed by atoms with Gasteiger partial charge in [0, 0.05) is 37.5 Å². The van der Waals surface area contributed by atoms with E-state index in [1.807, 2.05) is 38.4 Å². The number of anilines is 2. The highest BCUT2D eigenvalue weighted by Gasteiger charge is 2.04. The van der Waals surface area contributed by atoms with Crippen LogP contribution in [0.1, 0.15) is 11.3 Å². The maximum Gasteiger partial charge on any atom is 0.134 e. The normalized spacial score (nSPS) is 10.1. The fourth-order valence-corrected chi connectivity index (χ4v) is 1.74. The zero-order chi connectivity index (χ0) is 12.8. The molecule has 2 heterocycles. The molecule has 5 heteroatoms. The number of pyridine rings is 1. The third-order valence-electron chi connectivity index (χ3n) is 2.72. The lowest BCUT2D eigenvalue weighted by molar-refractivity contribution is 0.947. The number of hydrogen-bond donors (Lipinski definition) is 2. The van der Waals surface area contributed by atoms with Gasteiger partial charge in [-0.2, -0.15) is 0 Å². The second-order valence-electron chi connectivity index (χ2n) is 3.94. The predicted octanol–water partition coefficient (Wildman–Crippen LogP) is 1.88. The van der Waals surface area contributed by atoms with Gasteiger partial charge in [-0.05, 0) is 19.1 Å². The van der Waals surface area contributed by atoms with E-state index in [4.69, 9.17) is 0 Å². The van der Waals surface area contributed by atoms with Gasteiger partial charge in [0.05, 0.1) is 0 Å². The van der Waals surface area contributed by atoms with E-state index < -0.39 is 0 Å². The molecule has 5 nitrogen and oxygen atoms in total. The van der Waals surface area contributed by atoms with Crippen LogP contribution in [0.15, 0.2) is 30.7 Å². The number of nitrogens with zero attached hydrogens (tertiary/aromatic N) is 3. The molecule has 0 amide bonds. The molecule has 0 aromatic carbocycles. The van der Waals surface area contributed by atoms with Gasteiger partial charge in [0.15, 0.2) is 0 Å². The van der Waals surface area contributed by atoms with Crippen molar-refractivity contribution in [2.75, 3.05) is 24.2 Å². The zero-order valence-electron chi connectivity index (χ0n) is 10.6. The van der Waals surface area contributed by atoms with Gasteiger partial charge in [-0.3, -0.25) is 4.98 Å². The predicted molar refractivity (Wildman–Crippen MR) is 72.7 cm³/mol. The van der Waals surface area contributed by atoms with E-state index in [0.717, 1.165) is 35.9 Å². The van der Waals surface area contributed by atoms with Crippen molar-refractivity contribution in [3.63, 3.8) is 0 Å². The summed E-state index contributed by atoms with van der Waals surface area (Å²) in [4.78, 5) is 12.7. The molecule has 0 atom stereocenters. The molecule has 2 rings (SSSR count). The monoisotopic (exact) mass is 243 g/mol. The largest absolute Gasteiger partial charge is 0.373 e. The fraction of sp³-hybridized carbons (Fsp3) is 0.308. The first-order valence-corrected chi connectivity index (χ1v) is 5.94. The van der Waals surface area contributed by atoms with Gasteiger partial charge in [-0.25, -0.2) is 9.97 Å². The van der Waals surface area contributed by atoms with Crippen LogP contribution in [0, 0.1) is 6.92 Å². The molecule has 0 fully saturated rings. The van der Waals surface area contributed by atoms with Crippen molar-refractivity contribution < 1.29 is 0 Å². The second kappa shape index (κ2) is 5.95. The summed E-state index contributed by atoms with van der Waals surface area (Å²) in [6, 6.07) is 5.94. The van der Waals surface area contributed by atoms with Crippen LogP contribution in [0.2, 0.25) is 0 Å². The van der Waals surface area contributed by atoms with Gasteiger partial charge in [0.25, 0.3) is 0 Å². The van der Waals surface area contributed by atoms with E-state index in [1.165, 1.54) is 0 Å². The summed E-state index contributed by atoms with van der Waals surface area (Å²) in [6.07, 6.45) is 4.24. The minimum absolute atomic E-state index is 0.804. The first kappa shape index (κ1) is 12.3. The van der Waals surface area contributed by atoms with E-state index in [-0.39, 0.29) is 0 Å². The average molecular weight is 243 g/mol. The summed E-state index contributed by atoms with van der Waals surface area (Å²) >= 11 is 0. The Morgan fingerprint density at radius 1 is 1.11 bits per heavy atom. The molecule has 0 aliphatic heterocycles. The highest BCUT2D eigenvalue weighted by molar-refractivity contribution is 5.56. The molecule has 0 bridgehead atoms. The molecule has 94 valence electrons. The van der Waals surface area contributed by atoms with Crippen molar-refractivity contribution in [2.45, 2.75) is 13.3 Å². The standard InChI is InChI=1S/C13H17N5/c1-10-12(14-2)17-9-18-13(10)16-8-6-11-5-3-4-7-15-11/h3-5,7,9H,6,8H2,1-2H3,(H2,14,16,17,18). The Hall–Kier alpha value is -2.17. The van der Waals surface area contributed by atoms with Crippen LogP contribution in [0.3, 0.4) is 0 Å². The van der Waals surface area contributed by atoms with Crippen LogP contribution in [0.4, 0.5) is 11.6 Å². The average Bonchev–Trinajstić information content (AvgIpc) is 2.42. The first-order chi connectivity index (χ1) is 8.81. The van der Waals surface area contributed by atoms with Gasteiger partial charge in [0.1, 0.15) is 18.0 Å². The molecular weight excluding hydrogens is 226 g/mol. The minimum Gasteiger partial charge on any atom is -0.373 e. The molecular formula is C13H17N5. The van der Waals surface area contributed by atoms with Gasteiger partial charge in [-0.15, -0.1) is 0 Å². The van der Waals surface area contributed by atoms with Crippen LogP contribution in [0.25, 0.3) is 0 Å². The van der Waals surface area contributed by atoms with E-state index in [2.05, 4.69) is 25.6 Å². The number of aromatic nitrogens is 3. The quantitative estimate of drug-likeness (QED) is 0.839. The molecule has 0 spiro atoms. The fourth-order valence-electron chi connectivity index (χ4n) is 1.74. The highest BCUT2D eigenvalue weighted by atomic mass is 15.1. The Balaban J connectivity index is 1.95. The molecule has 0 aliphatic carbocycles. The van der Waals surface area contributed by atoms with Crippen LogP contribution < -0.4 is 10.6 Å². The summed E-state index contributed by atoms with van der Waals surface area (Å²) in [5.41, 5.74) is 2.10. The van der Waals surface area contributed by atoms with Crippen LogP contribution >= 0.6 is 0 Å². The van der Waals surface area contributed by atoms with Crippen molar-refractivity contribution >= 4 is 11.6 Å². The Labute approximate surface area is 107 Å². The lowest BCUT2D eigenvalue weighted by Crippen LogP contribution is -2.10. The Morgan fingerprint density at radius 3 is 2.67 bits per heavy atom. The molecule has 0 aliphatic rings. The molecule has 0 saturated carbocycles. The van der Waals surface area contributed by atoms with Gasteiger partial charge in [0.2, 0.25) is 0 Å². The SMILES string of the molecule is CNc1ncnc(NCCc2ccccn2)c1C. The van der Waals surface area contributed by atoms with Crippen molar-refractivity contribution in [2.24, 2.45) is 0 Å². The second-order valence-corrected chi connectivity index (χ2v) is 3.94. The van der Waals surface area contributed by atoms with Crippen molar-refractivity contribution in [1.82, 2.24) is 15.0 Å². The van der Waals surface area contributed by atoms with Crippen molar-refractivity contribution in [3.8, 4) is 0 Å². The summed E-state index contributed by atoms with van der Waals surface area (Å²) in [7, 11) is 1.85. The molecule has 0 saturated heterocycles. The number of nitrogens with one attached hydrogen (secondary N) is 2. The lowest BCUT2D eigenvalue weighted by Gasteiger charge is -2.10. The summed E-state index contributed by atoms with van der Waals surface area (Å²) in [6.45, 7) is 2.80. The number of hydrogen-bond acceptors (Lipinski definition) is 5. The lowest BCUT2D eigenvalue weighted by atomic mass is 10.2. The van der Waals surface area contributed by atoms with E-state index >= 15 is 0 Å². The van der Waals surface area contributed by atoms with Crippen molar-refractivity contribution in [1.29, 1.82) is 0 Å². The summed E-state index contributed by atoms with van der Waals surface area (Å²) in [5, 5.41) is 6.35. The first-order valence-electron chi connectivity index (χ1n) is 5.94. The third kappa shape index (κ3) is 2.94. The Kier molecular flexibility index (Phi) is 4.06. The van der Waals surface area contributed by atoms with Gasteiger partial charge in [-0.1, -0.05) is 6.07 Å². The maximum absolute atomic E-state index is 4.28. The molecule has 18 heavy (non-hydrogen) atoms. The van der Waals surface area contributed by atoms with Gasteiger partial charge < -0.3 is 10.6 Å². The van der Waals surface area contributed by atoms with E-state index in [1.54, 1.807) is 6.33 Å². The van der Waals surface area contributed by atoms with Gasteiger partial charge >= 0.3 is 0 Å². The van der Waals surface area contributed by atoms with E-state index in [0.29, 0.717) is 0 Å². The van der Waals surface area contributed by atoms with Crippen LogP contribution in [-0.2, 0) is 6.42 Å². The molecule has 2 N–H and O–H groups in total. The number of rotatable bonds is 5. The molecule has 2 aromatic rings. The molecule has 0 unspecified atom stereocenters. The third-order valence-corrected chi connectivity index (χ3v) is 2.72. The van der Waals surface area contributed by atoms with E-state index in [9.17, 15) is 0 Å². The summed E-state index contributed by atoms with van der Waals surface area (Å²) in [5.74, 6) is 1.72. The Bertz CT molecular complexity index is 498. The zero-order valence-corrected chi connectivity index (χ0v) is 10.6. The van der Waals surface area contributed by atoms with Crippen LogP contribution in [0.5, 0.6) is 0 Å². The highest BCUT2D eigenvalue weighted by Crippen LogP contribution is 2.17. The molecule has 0 radical (unpaired) electrons. The maximum atomic E-state index is 4.28.